The maximum Gasteiger partial charge on any atom is 0.317 e. The predicted octanol–water partition coefficient (Wildman–Crippen LogP) is 2.65. The zero-order valence-corrected chi connectivity index (χ0v) is 12.7. The van der Waals surface area contributed by atoms with Gasteiger partial charge in [-0.1, -0.05) is 16.8 Å². The minimum absolute atomic E-state index is 0.0503. The second kappa shape index (κ2) is 6.46. The smallest absolute Gasteiger partial charge is 0.317 e. The summed E-state index contributed by atoms with van der Waals surface area (Å²) >= 11 is 5.87. The van der Waals surface area contributed by atoms with Crippen molar-refractivity contribution in [3.05, 3.63) is 35.2 Å². The van der Waals surface area contributed by atoms with Crippen LogP contribution in [0.5, 0.6) is 0 Å². The average molecular weight is 322 g/mol. The molecule has 2 aromatic rings. The van der Waals surface area contributed by atoms with Gasteiger partial charge in [-0.05, 0) is 43.7 Å². The van der Waals surface area contributed by atoms with Gasteiger partial charge in [0, 0.05) is 17.1 Å². The van der Waals surface area contributed by atoms with Crippen LogP contribution in [0.4, 0.5) is 0 Å². The zero-order chi connectivity index (χ0) is 15.5. The second-order valence-electron chi connectivity index (χ2n) is 5.43. The highest BCUT2D eigenvalue weighted by Crippen LogP contribution is 2.27. The number of aliphatic carboxylic acids is 1. The van der Waals surface area contributed by atoms with E-state index in [2.05, 4.69) is 10.1 Å². The van der Waals surface area contributed by atoms with Crippen molar-refractivity contribution in [3.63, 3.8) is 0 Å². The molecule has 0 aliphatic carbocycles. The zero-order valence-electron chi connectivity index (χ0n) is 11.9. The van der Waals surface area contributed by atoms with Gasteiger partial charge < -0.3 is 9.63 Å². The largest absolute Gasteiger partial charge is 0.480 e. The molecule has 7 heteroatoms. The molecule has 22 heavy (non-hydrogen) atoms. The van der Waals surface area contributed by atoms with Crippen LogP contribution in [0.2, 0.25) is 5.02 Å². The van der Waals surface area contributed by atoms with E-state index in [1.54, 1.807) is 12.1 Å². The molecule has 0 amide bonds. The number of nitrogens with zero attached hydrogens (tertiary/aromatic N) is 3. The molecule has 0 spiro atoms. The Morgan fingerprint density at radius 2 is 2.18 bits per heavy atom. The normalized spacial score (nSPS) is 19.2. The van der Waals surface area contributed by atoms with Crippen LogP contribution in [0.15, 0.2) is 28.8 Å². The predicted molar refractivity (Wildman–Crippen MR) is 80.8 cm³/mol. The molecule has 2 heterocycles. The van der Waals surface area contributed by atoms with Crippen LogP contribution >= 0.6 is 11.6 Å². The quantitative estimate of drug-likeness (QED) is 0.932. The Morgan fingerprint density at radius 3 is 2.91 bits per heavy atom. The molecule has 0 saturated carbocycles. The lowest BCUT2D eigenvalue weighted by Crippen LogP contribution is -2.38. The maximum atomic E-state index is 10.8. The summed E-state index contributed by atoms with van der Waals surface area (Å²) in [5.41, 5.74) is 0.845. The standard InChI is InChI=1S/C15H16ClN3O3/c16-12-5-3-10(4-6-12)14-17-15(22-18-14)11-2-1-7-19(8-11)9-13(20)21/h3-6,11H,1-2,7-9H2,(H,20,21). The monoisotopic (exact) mass is 321 g/mol. The van der Waals surface area contributed by atoms with E-state index in [1.807, 2.05) is 17.0 Å². The molecule has 1 aliphatic heterocycles. The lowest BCUT2D eigenvalue weighted by molar-refractivity contribution is -0.138. The number of halogens is 1. The Bertz CT molecular complexity index is 656. The van der Waals surface area contributed by atoms with E-state index in [0.29, 0.717) is 23.3 Å². The fourth-order valence-electron chi connectivity index (χ4n) is 2.71. The first-order valence-electron chi connectivity index (χ1n) is 7.15. The molecule has 3 rings (SSSR count). The lowest BCUT2D eigenvalue weighted by Gasteiger charge is -2.29. The first-order valence-corrected chi connectivity index (χ1v) is 7.53. The van der Waals surface area contributed by atoms with Crippen molar-refractivity contribution in [1.82, 2.24) is 15.0 Å². The molecule has 0 radical (unpaired) electrons. The fourth-order valence-corrected chi connectivity index (χ4v) is 2.84. The SMILES string of the molecule is O=C(O)CN1CCCC(c2nc(-c3ccc(Cl)cc3)no2)C1. The Labute approximate surface area is 132 Å². The summed E-state index contributed by atoms with van der Waals surface area (Å²) in [6, 6.07) is 7.24. The molecule has 1 aliphatic rings. The number of carboxylic acid groups (broad SMARTS) is 1. The van der Waals surface area contributed by atoms with Crippen LogP contribution < -0.4 is 0 Å². The Balaban J connectivity index is 1.73. The summed E-state index contributed by atoms with van der Waals surface area (Å²) in [5, 5.41) is 13.6. The summed E-state index contributed by atoms with van der Waals surface area (Å²) in [7, 11) is 0. The molecule has 1 aromatic carbocycles. The van der Waals surface area contributed by atoms with Gasteiger partial charge in [0.2, 0.25) is 11.7 Å². The Kier molecular flexibility index (Phi) is 4.40. The van der Waals surface area contributed by atoms with E-state index in [9.17, 15) is 4.79 Å². The number of likely N-dealkylation sites (tertiary alicyclic amines) is 1. The van der Waals surface area contributed by atoms with Crippen molar-refractivity contribution in [1.29, 1.82) is 0 Å². The van der Waals surface area contributed by atoms with E-state index in [4.69, 9.17) is 21.2 Å². The van der Waals surface area contributed by atoms with Crippen LogP contribution in [-0.2, 0) is 4.79 Å². The molecule has 1 saturated heterocycles. The van der Waals surface area contributed by atoms with Crippen molar-refractivity contribution in [2.45, 2.75) is 18.8 Å². The van der Waals surface area contributed by atoms with Gasteiger partial charge in [-0.15, -0.1) is 0 Å². The summed E-state index contributed by atoms with van der Waals surface area (Å²) in [5.74, 6) is 0.372. The minimum atomic E-state index is -0.812. The van der Waals surface area contributed by atoms with Crippen molar-refractivity contribution < 1.29 is 14.4 Å². The van der Waals surface area contributed by atoms with Crippen molar-refractivity contribution in [2.24, 2.45) is 0 Å². The Hall–Kier alpha value is -1.92. The maximum absolute atomic E-state index is 10.8. The molecule has 1 fully saturated rings. The molecular weight excluding hydrogens is 306 g/mol. The number of hydrogen-bond donors (Lipinski definition) is 1. The summed E-state index contributed by atoms with van der Waals surface area (Å²) < 4.78 is 5.37. The van der Waals surface area contributed by atoms with Crippen LogP contribution in [0.25, 0.3) is 11.4 Å². The number of rotatable bonds is 4. The Morgan fingerprint density at radius 1 is 1.41 bits per heavy atom. The molecule has 1 N–H and O–H groups in total. The third kappa shape index (κ3) is 3.45. The fraction of sp³-hybridized carbons (Fsp3) is 0.400. The van der Waals surface area contributed by atoms with E-state index >= 15 is 0 Å². The number of carbonyl (C=O) groups is 1. The van der Waals surface area contributed by atoms with Crippen molar-refractivity contribution in [2.75, 3.05) is 19.6 Å². The van der Waals surface area contributed by atoms with E-state index in [-0.39, 0.29) is 12.5 Å². The molecule has 1 aromatic heterocycles. The van der Waals surface area contributed by atoms with Gasteiger partial charge in [-0.3, -0.25) is 9.69 Å². The van der Waals surface area contributed by atoms with E-state index in [1.165, 1.54) is 0 Å². The number of carboxylic acids is 1. The molecule has 0 bridgehead atoms. The molecule has 116 valence electrons. The van der Waals surface area contributed by atoms with Gasteiger partial charge in [0.05, 0.1) is 12.5 Å². The van der Waals surface area contributed by atoms with Crippen molar-refractivity contribution in [3.8, 4) is 11.4 Å². The van der Waals surface area contributed by atoms with E-state index < -0.39 is 5.97 Å². The van der Waals surface area contributed by atoms with Gasteiger partial charge in [0.1, 0.15) is 0 Å². The number of piperidine rings is 1. The van der Waals surface area contributed by atoms with Crippen LogP contribution in [0, 0.1) is 0 Å². The third-order valence-electron chi connectivity index (χ3n) is 3.76. The molecule has 1 atom stereocenters. The highest BCUT2D eigenvalue weighted by Gasteiger charge is 2.27. The highest BCUT2D eigenvalue weighted by atomic mass is 35.5. The highest BCUT2D eigenvalue weighted by molar-refractivity contribution is 6.30. The molecule has 1 unspecified atom stereocenters. The van der Waals surface area contributed by atoms with Gasteiger partial charge in [0.25, 0.3) is 0 Å². The van der Waals surface area contributed by atoms with Gasteiger partial charge >= 0.3 is 5.97 Å². The average Bonchev–Trinajstić information content (AvgIpc) is 2.97. The first kappa shape index (κ1) is 15.0. The topological polar surface area (TPSA) is 79.5 Å². The van der Waals surface area contributed by atoms with Crippen molar-refractivity contribution >= 4 is 17.6 Å². The van der Waals surface area contributed by atoms with Crippen LogP contribution in [-0.4, -0.2) is 45.8 Å². The summed E-state index contributed by atoms with van der Waals surface area (Å²) in [6.45, 7) is 1.48. The van der Waals surface area contributed by atoms with Gasteiger partial charge in [-0.2, -0.15) is 4.98 Å². The number of hydrogen-bond acceptors (Lipinski definition) is 5. The lowest BCUT2D eigenvalue weighted by atomic mass is 9.98. The first-order chi connectivity index (χ1) is 10.6. The molecule has 6 nitrogen and oxygen atoms in total. The van der Waals surface area contributed by atoms with Crippen LogP contribution in [0.3, 0.4) is 0 Å². The third-order valence-corrected chi connectivity index (χ3v) is 4.01. The summed E-state index contributed by atoms with van der Waals surface area (Å²) in [4.78, 5) is 17.2. The molecular formula is C15H16ClN3O3. The second-order valence-corrected chi connectivity index (χ2v) is 5.87. The van der Waals surface area contributed by atoms with E-state index in [0.717, 1.165) is 24.9 Å². The van der Waals surface area contributed by atoms with Gasteiger partial charge in [0.15, 0.2) is 0 Å². The van der Waals surface area contributed by atoms with Gasteiger partial charge in [-0.25, -0.2) is 0 Å². The minimum Gasteiger partial charge on any atom is -0.480 e. The van der Waals surface area contributed by atoms with Crippen LogP contribution in [0.1, 0.15) is 24.7 Å². The number of benzene rings is 1. The summed E-state index contributed by atoms with van der Waals surface area (Å²) in [6.07, 6.45) is 1.86. The number of aromatic nitrogens is 2.